The zero-order valence-corrected chi connectivity index (χ0v) is 11.4. The molecule has 2 amide bonds. The van der Waals surface area contributed by atoms with Gasteiger partial charge in [-0.25, -0.2) is 0 Å². The SMILES string of the molecule is CC(C)(NC(=O)c1cc2ccccc2cc1N)C(N)=O. The van der Waals surface area contributed by atoms with Gasteiger partial charge in [0.1, 0.15) is 5.54 Å². The predicted molar refractivity (Wildman–Crippen MR) is 79.1 cm³/mol. The number of hydrogen-bond donors (Lipinski definition) is 3. The molecule has 0 fully saturated rings. The highest BCUT2D eigenvalue weighted by atomic mass is 16.2. The van der Waals surface area contributed by atoms with E-state index < -0.39 is 17.4 Å². The number of hydrogen-bond acceptors (Lipinski definition) is 3. The zero-order chi connectivity index (χ0) is 14.9. The highest BCUT2D eigenvalue weighted by molar-refractivity contribution is 6.05. The second-order valence-corrected chi connectivity index (χ2v) is 5.23. The fourth-order valence-electron chi connectivity index (χ4n) is 1.87. The van der Waals surface area contributed by atoms with Crippen LogP contribution in [0.5, 0.6) is 0 Å². The molecule has 20 heavy (non-hydrogen) atoms. The number of nitrogens with one attached hydrogen (secondary N) is 1. The number of benzene rings is 2. The molecule has 5 N–H and O–H groups in total. The quantitative estimate of drug-likeness (QED) is 0.736. The van der Waals surface area contributed by atoms with Gasteiger partial charge in [-0.3, -0.25) is 9.59 Å². The third-order valence-corrected chi connectivity index (χ3v) is 3.20. The number of nitrogen functional groups attached to an aromatic ring is 1. The Hall–Kier alpha value is -2.56. The highest BCUT2D eigenvalue weighted by Crippen LogP contribution is 2.22. The molecule has 0 heterocycles. The standard InChI is InChI=1S/C15H17N3O2/c1-15(2,14(17)20)18-13(19)11-7-9-5-3-4-6-10(9)8-12(11)16/h3-8H,16H2,1-2H3,(H2,17,20)(H,18,19). The molecule has 0 aromatic heterocycles. The van der Waals surface area contributed by atoms with E-state index in [1.54, 1.807) is 26.0 Å². The van der Waals surface area contributed by atoms with Crippen LogP contribution in [0.3, 0.4) is 0 Å². The molecule has 2 aromatic rings. The van der Waals surface area contributed by atoms with E-state index >= 15 is 0 Å². The van der Waals surface area contributed by atoms with E-state index in [4.69, 9.17) is 11.5 Å². The normalized spacial score (nSPS) is 11.3. The Labute approximate surface area is 116 Å². The molecule has 5 nitrogen and oxygen atoms in total. The molecule has 0 saturated heterocycles. The van der Waals surface area contributed by atoms with Crippen LogP contribution in [0.2, 0.25) is 0 Å². The summed E-state index contributed by atoms with van der Waals surface area (Å²) >= 11 is 0. The average Bonchev–Trinajstić information content (AvgIpc) is 2.37. The number of nitrogens with two attached hydrogens (primary N) is 2. The van der Waals surface area contributed by atoms with Gasteiger partial charge >= 0.3 is 0 Å². The van der Waals surface area contributed by atoms with Crippen LogP contribution >= 0.6 is 0 Å². The summed E-state index contributed by atoms with van der Waals surface area (Å²) < 4.78 is 0. The summed E-state index contributed by atoms with van der Waals surface area (Å²) in [7, 11) is 0. The molecular formula is C15H17N3O2. The van der Waals surface area contributed by atoms with Crippen molar-refractivity contribution in [1.29, 1.82) is 0 Å². The third-order valence-electron chi connectivity index (χ3n) is 3.20. The van der Waals surface area contributed by atoms with Gasteiger partial charge in [-0.1, -0.05) is 24.3 Å². The molecule has 0 aliphatic carbocycles. The van der Waals surface area contributed by atoms with Gasteiger partial charge in [-0.2, -0.15) is 0 Å². The van der Waals surface area contributed by atoms with Crippen molar-refractivity contribution < 1.29 is 9.59 Å². The van der Waals surface area contributed by atoms with Gasteiger partial charge in [-0.15, -0.1) is 0 Å². The van der Waals surface area contributed by atoms with E-state index in [0.717, 1.165) is 10.8 Å². The largest absolute Gasteiger partial charge is 0.398 e. The van der Waals surface area contributed by atoms with Gasteiger partial charge in [0.05, 0.1) is 5.56 Å². The number of rotatable bonds is 3. The fourth-order valence-corrected chi connectivity index (χ4v) is 1.87. The predicted octanol–water partition coefficient (Wildman–Crippen LogP) is 1.42. The van der Waals surface area contributed by atoms with E-state index in [-0.39, 0.29) is 0 Å². The first-order valence-electron chi connectivity index (χ1n) is 6.22. The van der Waals surface area contributed by atoms with Gasteiger partial charge in [0.25, 0.3) is 5.91 Å². The van der Waals surface area contributed by atoms with Gasteiger partial charge in [0.2, 0.25) is 5.91 Å². The Bertz CT molecular complexity index is 693. The number of fused-ring (bicyclic) bond motifs is 1. The Morgan fingerprint density at radius 1 is 1.10 bits per heavy atom. The molecule has 0 aliphatic rings. The Kier molecular flexibility index (Phi) is 3.36. The van der Waals surface area contributed by atoms with E-state index in [1.807, 2.05) is 24.3 Å². The first kappa shape index (κ1) is 13.9. The lowest BCUT2D eigenvalue weighted by Gasteiger charge is -2.22. The molecule has 0 atom stereocenters. The van der Waals surface area contributed by atoms with Gasteiger partial charge in [0.15, 0.2) is 0 Å². The van der Waals surface area contributed by atoms with Crippen LogP contribution in [0.4, 0.5) is 5.69 Å². The second kappa shape index (κ2) is 4.85. The fraction of sp³-hybridized carbons (Fsp3) is 0.200. The minimum atomic E-state index is -1.13. The summed E-state index contributed by atoms with van der Waals surface area (Å²) in [4.78, 5) is 23.5. The molecule has 0 bridgehead atoms. The summed E-state index contributed by atoms with van der Waals surface area (Å²) in [6.45, 7) is 3.09. The van der Waals surface area contributed by atoms with Crippen LogP contribution in [0.15, 0.2) is 36.4 Å². The zero-order valence-electron chi connectivity index (χ0n) is 11.4. The lowest BCUT2D eigenvalue weighted by atomic mass is 10.0. The Morgan fingerprint density at radius 3 is 2.20 bits per heavy atom. The van der Waals surface area contributed by atoms with Gasteiger partial charge in [0, 0.05) is 5.69 Å². The van der Waals surface area contributed by atoms with Crippen LogP contribution in [0, 0.1) is 0 Å². The van der Waals surface area contributed by atoms with Crippen LogP contribution in [0.1, 0.15) is 24.2 Å². The van der Waals surface area contributed by atoms with Crippen molar-refractivity contribution in [1.82, 2.24) is 5.32 Å². The molecule has 104 valence electrons. The molecule has 0 aliphatic heterocycles. The Balaban J connectivity index is 2.40. The number of anilines is 1. The maximum absolute atomic E-state index is 12.2. The average molecular weight is 271 g/mol. The maximum atomic E-state index is 12.2. The number of amides is 2. The van der Waals surface area contributed by atoms with E-state index in [9.17, 15) is 9.59 Å². The van der Waals surface area contributed by atoms with E-state index in [2.05, 4.69) is 5.32 Å². The second-order valence-electron chi connectivity index (χ2n) is 5.23. The molecule has 2 aromatic carbocycles. The maximum Gasteiger partial charge on any atom is 0.254 e. The Morgan fingerprint density at radius 2 is 1.65 bits per heavy atom. The van der Waals surface area contributed by atoms with Crippen LogP contribution in [0.25, 0.3) is 10.8 Å². The summed E-state index contributed by atoms with van der Waals surface area (Å²) in [6.07, 6.45) is 0. The molecule has 5 heteroatoms. The summed E-state index contributed by atoms with van der Waals surface area (Å²) in [5.74, 6) is -1.03. The van der Waals surface area contributed by atoms with Crippen molar-refractivity contribution in [2.75, 3.05) is 5.73 Å². The number of carbonyl (C=O) groups excluding carboxylic acids is 2. The molecule has 0 radical (unpaired) electrons. The van der Waals surface area contributed by atoms with Crippen molar-refractivity contribution >= 4 is 28.3 Å². The summed E-state index contributed by atoms with van der Waals surface area (Å²) in [6, 6.07) is 11.0. The van der Waals surface area contributed by atoms with Crippen molar-refractivity contribution in [3.8, 4) is 0 Å². The minimum absolute atomic E-state index is 0.332. The molecule has 0 spiro atoms. The van der Waals surface area contributed by atoms with Crippen LogP contribution in [-0.4, -0.2) is 17.4 Å². The number of primary amides is 1. The van der Waals surface area contributed by atoms with Crippen LogP contribution < -0.4 is 16.8 Å². The van der Waals surface area contributed by atoms with Crippen molar-refractivity contribution in [2.24, 2.45) is 5.73 Å². The van der Waals surface area contributed by atoms with Crippen molar-refractivity contribution in [3.05, 3.63) is 42.0 Å². The third kappa shape index (κ3) is 2.56. The number of carbonyl (C=O) groups is 2. The first-order valence-corrected chi connectivity index (χ1v) is 6.22. The lowest BCUT2D eigenvalue weighted by molar-refractivity contribution is -0.122. The van der Waals surface area contributed by atoms with Crippen molar-refractivity contribution in [2.45, 2.75) is 19.4 Å². The lowest BCUT2D eigenvalue weighted by Crippen LogP contribution is -2.53. The van der Waals surface area contributed by atoms with Crippen molar-refractivity contribution in [3.63, 3.8) is 0 Å². The first-order chi connectivity index (χ1) is 9.31. The van der Waals surface area contributed by atoms with E-state index in [1.165, 1.54) is 0 Å². The monoisotopic (exact) mass is 271 g/mol. The van der Waals surface area contributed by atoms with Gasteiger partial charge in [-0.05, 0) is 36.8 Å². The molecular weight excluding hydrogens is 254 g/mol. The minimum Gasteiger partial charge on any atom is -0.398 e. The van der Waals surface area contributed by atoms with Gasteiger partial charge < -0.3 is 16.8 Å². The van der Waals surface area contributed by atoms with E-state index in [0.29, 0.717) is 11.3 Å². The molecule has 2 rings (SSSR count). The topological polar surface area (TPSA) is 98.2 Å². The summed E-state index contributed by atoms with van der Waals surface area (Å²) in [5.41, 5.74) is 10.7. The summed E-state index contributed by atoms with van der Waals surface area (Å²) in [5, 5.41) is 4.44. The smallest absolute Gasteiger partial charge is 0.254 e. The molecule has 0 saturated carbocycles. The molecule has 0 unspecified atom stereocenters. The highest BCUT2D eigenvalue weighted by Gasteiger charge is 2.28. The van der Waals surface area contributed by atoms with Crippen LogP contribution in [-0.2, 0) is 4.79 Å².